The fourth-order valence-electron chi connectivity index (χ4n) is 3.61. The van der Waals surface area contributed by atoms with Crippen molar-refractivity contribution in [2.75, 3.05) is 32.8 Å². The summed E-state index contributed by atoms with van der Waals surface area (Å²) < 4.78 is 124. The normalized spacial score (nSPS) is 18.6. The standard InChI is InChI=1S/C21H21F9N2O5/c22-19(23,24)13-2-1-12(14(9-13)36-11-18(3-4-18)16(33)34)10-31-5-7-32(8-6-31)17(35)37-15(20(25,26)27)21(28,29)30/h1-2,9,15H,3-8,10-11H2,(H,33,34). The molecular weight excluding hydrogens is 531 g/mol. The van der Waals surface area contributed by atoms with Gasteiger partial charge < -0.3 is 19.5 Å². The zero-order chi connectivity index (χ0) is 27.8. The van der Waals surface area contributed by atoms with Crippen molar-refractivity contribution < 1.29 is 63.7 Å². The Kier molecular flexibility index (Phi) is 7.82. The van der Waals surface area contributed by atoms with Gasteiger partial charge in [0, 0.05) is 38.3 Å². The number of carbonyl (C=O) groups excluding carboxylic acids is 1. The van der Waals surface area contributed by atoms with Gasteiger partial charge in [-0.1, -0.05) is 6.07 Å². The number of ether oxygens (including phenoxy) is 2. The summed E-state index contributed by atoms with van der Waals surface area (Å²) in [5.74, 6) is -1.34. The minimum atomic E-state index is -5.85. The molecule has 0 unspecified atom stereocenters. The Morgan fingerprint density at radius 3 is 1.97 bits per heavy atom. The first-order valence-electron chi connectivity index (χ1n) is 10.8. The summed E-state index contributed by atoms with van der Waals surface area (Å²) >= 11 is 0. The molecule has 2 aliphatic rings. The van der Waals surface area contributed by atoms with E-state index in [9.17, 15) is 54.2 Å². The average molecular weight is 552 g/mol. The smallest absolute Gasteiger partial charge is 0.434 e. The number of benzene rings is 1. The Balaban J connectivity index is 1.65. The molecule has 37 heavy (non-hydrogen) atoms. The van der Waals surface area contributed by atoms with Crippen LogP contribution in [-0.2, 0) is 22.3 Å². The third-order valence-corrected chi connectivity index (χ3v) is 6.04. The molecule has 1 aliphatic carbocycles. The number of piperazine rings is 1. The van der Waals surface area contributed by atoms with Crippen LogP contribution >= 0.6 is 0 Å². The highest BCUT2D eigenvalue weighted by Gasteiger charge is 2.60. The molecule has 0 bridgehead atoms. The number of carboxylic acids is 1. The van der Waals surface area contributed by atoms with Crippen molar-refractivity contribution in [3.8, 4) is 5.75 Å². The van der Waals surface area contributed by atoms with Crippen LogP contribution in [0.25, 0.3) is 0 Å². The van der Waals surface area contributed by atoms with Crippen LogP contribution in [-0.4, -0.2) is 78.2 Å². The number of rotatable bonds is 7. The third-order valence-electron chi connectivity index (χ3n) is 6.04. The Morgan fingerprint density at radius 1 is 0.946 bits per heavy atom. The minimum absolute atomic E-state index is 0.0375. The molecule has 16 heteroatoms. The molecule has 1 aromatic carbocycles. The second-order valence-corrected chi connectivity index (χ2v) is 8.80. The van der Waals surface area contributed by atoms with Crippen LogP contribution in [0, 0.1) is 5.41 Å². The van der Waals surface area contributed by atoms with Crippen LogP contribution in [0.3, 0.4) is 0 Å². The van der Waals surface area contributed by atoms with E-state index in [0.717, 1.165) is 18.2 Å². The zero-order valence-electron chi connectivity index (χ0n) is 18.8. The van der Waals surface area contributed by atoms with Crippen molar-refractivity contribution in [2.24, 2.45) is 5.41 Å². The zero-order valence-corrected chi connectivity index (χ0v) is 18.8. The van der Waals surface area contributed by atoms with Crippen molar-refractivity contribution in [1.82, 2.24) is 9.80 Å². The number of amides is 1. The van der Waals surface area contributed by atoms with E-state index >= 15 is 0 Å². The first kappa shape index (κ1) is 28.7. The summed E-state index contributed by atoms with van der Waals surface area (Å²) in [7, 11) is 0. The minimum Gasteiger partial charge on any atom is -0.492 e. The van der Waals surface area contributed by atoms with Crippen LogP contribution in [0.1, 0.15) is 24.0 Å². The maximum absolute atomic E-state index is 13.2. The highest BCUT2D eigenvalue weighted by molar-refractivity contribution is 5.78. The van der Waals surface area contributed by atoms with Gasteiger partial charge in [-0.05, 0) is 25.0 Å². The van der Waals surface area contributed by atoms with E-state index in [0.29, 0.717) is 17.7 Å². The van der Waals surface area contributed by atoms with E-state index in [4.69, 9.17) is 4.74 Å². The molecule has 3 rings (SSSR count). The second kappa shape index (κ2) is 10.1. The van der Waals surface area contributed by atoms with Crippen molar-refractivity contribution in [2.45, 2.75) is 44.0 Å². The van der Waals surface area contributed by atoms with E-state index in [1.165, 1.54) is 0 Å². The van der Waals surface area contributed by atoms with Gasteiger partial charge in [-0.15, -0.1) is 0 Å². The van der Waals surface area contributed by atoms with E-state index in [1.807, 2.05) is 0 Å². The topological polar surface area (TPSA) is 79.3 Å². The predicted molar refractivity (Wildman–Crippen MR) is 105 cm³/mol. The first-order valence-corrected chi connectivity index (χ1v) is 10.8. The van der Waals surface area contributed by atoms with Crippen molar-refractivity contribution >= 4 is 12.1 Å². The van der Waals surface area contributed by atoms with Gasteiger partial charge in [-0.2, -0.15) is 39.5 Å². The van der Waals surface area contributed by atoms with Gasteiger partial charge in [-0.25, -0.2) is 4.79 Å². The first-order chi connectivity index (χ1) is 16.9. The molecule has 0 spiro atoms. The van der Waals surface area contributed by atoms with Crippen LogP contribution in [0.2, 0.25) is 0 Å². The van der Waals surface area contributed by atoms with Crippen molar-refractivity contribution in [1.29, 1.82) is 0 Å². The molecule has 1 saturated carbocycles. The van der Waals surface area contributed by atoms with Crippen LogP contribution in [0.15, 0.2) is 18.2 Å². The monoisotopic (exact) mass is 552 g/mol. The molecule has 1 amide bonds. The summed E-state index contributed by atoms with van der Waals surface area (Å²) in [6, 6.07) is 2.67. The van der Waals surface area contributed by atoms with Crippen molar-refractivity contribution in [3.05, 3.63) is 29.3 Å². The maximum Gasteiger partial charge on any atom is 0.434 e. The number of alkyl halides is 9. The van der Waals surface area contributed by atoms with Gasteiger partial charge in [0.1, 0.15) is 17.8 Å². The summed E-state index contributed by atoms with van der Waals surface area (Å²) in [6.07, 6.45) is -21.9. The molecular formula is C21H21F9N2O5. The lowest BCUT2D eigenvalue weighted by molar-refractivity contribution is -0.308. The molecule has 0 radical (unpaired) electrons. The van der Waals surface area contributed by atoms with E-state index < -0.39 is 47.7 Å². The predicted octanol–water partition coefficient (Wildman–Crippen LogP) is 4.70. The molecule has 1 aliphatic heterocycles. The summed E-state index contributed by atoms with van der Waals surface area (Å²) in [5.41, 5.74) is -1.95. The molecule has 208 valence electrons. The summed E-state index contributed by atoms with van der Waals surface area (Å²) in [5, 5.41) is 9.27. The lowest BCUT2D eigenvalue weighted by atomic mass is 10.1. The Bertz CT molecular complexity index is 984. The molecule has 2 fully saturated rings. The highest BCUT2D eigenvalue weighted by Crippen LogP contribution is 2.46. The van der Waals surface area contributed by atoms with Gasteiger partial charge >= 0.3 is 30.6 Å². The molecule has 1 aromatic rings. The molecule has 0 aromatic heterocycles. The lowest BCUT2D eigenvalue weighted by Crippen LogP contribution is -2.52. The summed E-state index contributed by atoms with van der Waals surface area (Å²) in [4.78, 5) is 25.5. The quantitative estimate of drug-likeness (QED) is 0.495. The van der Waals surface area contributed by atoms with E-state index in [-0.39, 0.29) is 50.6 Å². The fourth-order valence-corrected chi connectivity index (χ4v) is 3.61. The van der Waals surface area contributed by atoms with Gasteiger partial charge in [-0.3, -0.25) is 9.69 Å². The number of carbonyl (C=O) groups is 2. The molecule has 1 N–H and O–H groups in total. The third kappa shape index (κ3) is 7.11. The number of hydrogen-bond donors (Lipinski definition) is 1. The Hall–Kier alpha value is -2.91. The largest absolute Gasteiger partial charge is 0.492 e. The second-order valence-electron chi connectivity index (χ2n) is 8.80. The number of halogens is 9. The van der Waals surface area contributed by atoms with Crippen LogP contribution in [0.4, 0.5) is 44.3 Å². The molecule has 0 atom stereocenters. The molecule has 7 nitrogen and oxygen atoms in total. The number of hydrogen-bond acceptors (Lipinski definition) is 5. The van der Waals surface area contributed by atoms with Gasteiger partial charge in [0.25, 0.3) is 6.10 Å². The number of aliphatic carboxylic acids is 1. The van der Waals surface area contributed by atoms with Crippen molar-refractivity contribution in [3.63, 3.8) is 0 Å². The Morgan fingerprint density at radius 2 is 1.51 bits per heavy atom. The Labute approximate surface area is 203 Å². The number of carboxylic acid groups (broad SMARTS) is 1. The SMILES string of the molecule is O=C(OC(C(F)(F)F)C(F)(F)F)N1CCN(Cc2ccc(C(F)(F)F)cc2OCC2(C(=O)O)CC2)CC1. The fraction of sp³-hybridized carbons (Fsp3) is 0.619. The van der Waals surface area contributed by atoms with Gasteiger partial charge in [0.05, 0.1) is 5.56 Å². The van der Waals surface area contributed by atoms with Crippen LogP contribution in [0.5, 0.6) is 5.75 Å². The summed E-state index contributed by atoms with van der Waals surface area (Å²) in [6.45, 7) is -1.09. The maximum atomic E-state index is 13.2. The van der Waals surface area contributed by atoms with E-state index in [2.05, 4.69) is 4.74 Å². The molecule has 1 saturated heterocycles. The van der Waals surface area contributed by atoms with Gasteiger partial charge in [0.2, 0.25) is 0 Å². The highest BCUT2D eigenvalue weighted by atomic mass is 19.4. The molecule has 1 heterocycles. The van der Waals surface area contributed by atoms with Crippen LogP contribution < -0.4 is 4.74 Å². The van der Waals surface area contributed by atoms with E-state index in [1.54, 1.807) is 4.90 Å². The number of nitrogens with zero attached hydrogens (tertiary/aromatic N) is 2. The van der Waals surface area contributed by atoms with Gasteiger partial charge in [0.15, 0.2) is 0 Å². The average Bonchev–Trinajstić information content (AvgIpc) is 3.56. The lowest BCUT2D eigenvalue weighted by Gasteiger charge is -2.35.